The Kier molecular flexibility index (Phi) is 10.1. The second-order valence-corrected chi connectivity index (χ2v) is 11.4. The lowest BCUT2D eigenvalue weighted by Crippen LogP contribution is -2.62. The number of hydrogen-bond acceptors (Lipinski definition) is 7. The van der Waals surface area contributed by atoms with Gasteiger partial charge in [-0.1, -0.05) is 39.8 Å². The second kappa shape index (κ2) is 13.1. The van der Waals surface area contributed by atoms with Gasteiger partial charge in [0, 0.05) is 38.0 Å². The maximum absolute atomic E-state index is 13.4. The lowest BCUT2D eigenvalue weighted by atomic mass is 9.91. The molecule has 1 saturated heterocycles. The van der Waals surface area contributed by atoms with Crippen molar-refractivity contribution in [3.63, 3.8) is 0 Å². The number of fused-ring (bicyclic) bond motifs is 1. The number of para-hydroxylation sites is 1. The summed E-state index contributed by atoms with van der Waals surface area (Å²) in [4.78, 5) is 64.3. The van der Waals surface area contributed by atoms with Gasteiger partial charge in [0.25, 0.3) is 5.91 Å². The van der Waals surface area contributed by atoms with E-state index in [0.717, 1.165) is 0 Å². The molecule has 11 heteroatoms. The largest absolute Gasteiger partial charge is 0.362 e. The van der Waals surface area contributed by atoms with E-state index >= 15 is 0 Å². The Morgan fingerprint density at radius 1 is 1.10 bits per heavy atom. The van der Waals surface area contributed by atoms with E-state index in [9.17, 15) is 24.0 Å². The number of nitrogens with one attached hydrogen (secondary N) is 5. The zero-order valence-corrected chi connectivity index (χ0v) is 23.6. The normalized spacial score (nSPS) is 21.5. The maximum Gasteiger partial charge on any atom is 0.255 e. The van der Waals surface area contributed by atoms with E-state index < -0.39 is 23.7 Å². The van der Waals surface area contributed by atoms with Crippen LogP contribution < -0.4 is 26.7 Å². The van der Waals surface area contributed by atoms with Crippen LogP contribution in [0.5, 0.6) is 0 Å². The zero-order chi connectivity index (χ0) is 28.7. The van der Waals surface area contributed by atoms with Gasteiger partial charge in [-0.15, -0.1) is 0 Å². The van der Waals surface area contributed by atoms with Crippen LogP contribution in [0.15, 0.2) is 24.3 Å². The molecule has 11 nitrogen and oxygen atoms in total. The number of ketones is 1. The molecule has 1 aromatic rings. The number of Topliss-reactive ketones (excluding diaryl/α,β-unsaturated/α-hetero) is 1. The average Bonchev–Trinajstić information content (AvgIpc) is 2.86. The van der Waals surface area contributed by atoms with Crippen LogP contribution in [0.3, 0.4) is 0 Å². The van der Waals surface area contributed by atoms with Crippen LogP contribution in [0.25, 0.3) is 0 Å². The number of hydrazine groups is 1. The van der Waals surface area contributed by atoms with Crippen molar-refractivity contribution in [2.45, 2.75) is 84.5 Å². The number of nitrogens with zero attached hydrogens (tertiary/aromatic N) is 1. The summed E-state index contributed by atoms with van der Waals surface area (Å²) < 4.78 is 0. The average molecular weight is 543 g/mol. The third-order valence-electron chi connectivity index (χ3n) is 6.88. The van der Waals surface area contributed by atoms with E-state index in [4.69, 9.17) is 0 Å². The Labute approximate surface area is 230 Å². The molecule has 0 radical (unpaired) electrons. The number of amides is 4. The molecule has 3 atom stereocenters. The van der Waals surface area contributed by atoms with E-state index in [1.165, 1.54) is 5.01 Å². The first-order valence-corrected chi connectivity index (χ1v) is 13.7. The predicted octanol–water partition coefficient (Wildman–Crippen LogP) is 1.71. The van der Waals surface area contributed by atoms with Gasteiger partial charge in [-0.25, -0.2) is 5.43 Å². The summed E-state index contributed by atoms with van der Waals surface area (Å²) in [5.41, 5.74) is 3.13. The van der Waals surface area contributed by atoms with Crippen molar-refractivity contribution in [1.29, 1.82) is 0 Å². The molecule has 3 rings (SSSR count). The lowest BCUT2D eigenvalue weighted by molar-refractivity contribution is -0.147. The molecule has 5 N–H and O–H groups in total. The molecule has 1 aromatic carbocycles. The Bertz CT molecular complexity index is 1090. The van der Waals surface area contributed by atoms with Gasteiger partial charge >= 0.3 is 0 Å². The maximum atomic E-state index is 13.4. The first-order chi connectivity index (χ1) is 18.4. The van der Waals surface area contributed by atoms with Crippen molar-refractivity contribution in [2.75, 3.05) is 18.4 Å². The SMILES string of the molecule is CC(C)CC(=O)NCCC(=O)N1NCCC[C@H]1C(=O)N[C@@H](C(=O)CC1(C)NC(=O)c2ccccc2N1)C(C)C. The Morgan fingerprint density at radius 2 is 1.82 bits per heavy atom. The summed E-state index contributed by atoms with van der Waals surface area (Å²) in [6, 6.07) is 5.50. The quantitative estimate of drug-likeness (QED) is 0.286. The van der Waals surface area contributed by atoms with Gasteiger partial charge in [-0.3, -0.25) is 29.0 Å². The lowest BCUT2D eigenvalue weighted by Gasteiger charge is -2.39. The van der Waals surface area contributed by atoms with E-state index in [-0.39, 0.29) is 54.7 Å². The molecular formula is C28H42N6O5. The fraction of sp³-hybridized carbons (Fsp3) is 0.607. The van der Waals surface area contributed by atoms with Gasteiger partial charge < -0.3 is 21.3 Å². The molecule has 0 spiro atoms. The molecule has 2 aliphatic rings. The van der Waals surface area contributed by atoms with Gasteiger partial charge in [0.2, 0.25) is 17.7 Å². The van der Waals surface area contributed by atoms with Gasteiger partial charge in [0.1, 0.15) is 11.7 Å². The van der Waals surface area contributed by atoms with Gasteiger partial charge in [0.15, 0.2) is 5.78 Å². The Morgan fingerprint density at radius 3 is 2.51 bits per heavy atom. The third kappa shape index (κ3) is 8.01. The summed E-state index contributed by atoms with van der Waals surface area (Å²) in [5.74, 6) is -1.32. The molecule has 2 aliphatic heterocycles. The minimum Gasteiger partial charge on any atom is -0.362 e. The predicted molar refractivity (Wildman–Crippen MR) is 147 cm³/mol. The molecule has 0 aliphatic carbocycles. The number of hydrogen-bond donors (Lipinski definition) is 5. The molecule has 2 heterocycles. The summed E-state index contributed by atoms with van der Waals surface area (Å²) in [5, 5.41) is 13.1. The number of carbonyl (C=O) groups excluding carboxylic acids is 5. The molecule has 0 aromatic heterocycles. The second-order valence-electron chi connectivity index (χ2n) is 11.4. The van der Waals surface area contributed by atoms with Crippen LogP contribution >= 0.6 is 0 Å². The zero-order valence-electron chi connectivity index (χ0n) is 23.6. The van der Waals surface area contributed by atoms with Gasteiger partial charge in [-0.2, -0.15) is 0 Å². The molecule has 39 heavy (non-hydrogen) atoms. The summed E-state index contributed by atoms with van der Waals surface area (Å²) in [6.07, 6.45) is 1.54. The number of carbonyl (C=O) groups is 5. The van der Waals surface area contributed by atoms with Crippen LogP contribution in [0.1, 0.15) is 77.1 Å². The monoisotopic (exact) mass is 542 g/mol. The molecular weight excluding hydrogens is 500 g/mol. The fourth-order valence-electron chi connectivity index (χ4n) is 4.97. The number of rotatable bonds is 11. The summed E-state index contributed by atoms with van der Waals surface area (Å²) in [6.45, 7) is 10.1. The van der Waals surface area contributed by atoms with Crippen molar-refractivity contribution in [3.05, 3.63) is 29.8 Å². The summed E-state index contributed by atoms with van der Waals surface area (Å²) in [7, 11) is 0. The van der Waals surface area contributed by atoms with Crippen molar-refractivity contribution < 1.29 is 24.0 Å². The minimum atomic E-state index is -1.02. The standard InChI is InChI=1S/C28H42N6O5/c1-17(2)15-23(36)29-14-12-24(37)34-21(11-8-13-30-34)27(39)31-25(18(3)4)22(35)16-28(5)32-20-10-7-6-9-19(20)26(38)33-28/h6-7,9-10,17-18,21,25,30,32H,8,11-16H2,1-5H3,(H,29,36)(H,31,39)(H,33,38)/t21-,25+,28?/m0/s1. The molecule has 1 fully saturated rings. The highest BCUT2D eigenvalue weighted by molar-refractivity contribution is 6.03. The number of anilines is 1. The minimum absolute atomic E-state index is 0.0438. The van der Waals surface area contributed by atoms with E-state index in [2.05, 4.69) is 26.7 Å². The van der Waals surface area contributed by atoms with Gasteiger partial charge in [-0.05, 0) is 43.7 Å². The highest BCUT2D eigenvalue weighted by atomic mass is 16.2. The first kappa shape index (κ1) is 30.1. The van der Waals surface area contributed by atoms with E-state index in [1.54, 1.807) is 25.1 Å². The Balaban J connectivity index is 1.62. The highest BCUT2D eigenvalue weighted by Crippen LogP contribution is 2.27. The molecule has 4 amide bonds. The van der Waals surface area contributed by atoms with Crippen LogP contribution in [0.2, 0.25) is 0 Å². The van der Waals surface area contributed by atoms with Crippen molar-refractivity contribution in [2.24, 2.45) is 11.8 Å². The topological polar surface area (TPSA) is 149 Å². The first-order valence-electron chi connectivity index (χ1n) is 13.7. The van der Waals surface area contributed by atoms with Crippen molar-refractivity contribution in [3.8, 4) is 0 Å². The Hall–Kier alpha value is -3.47. The third-order valence-corrected chi connectivity index (χ3v) is 6.88. The van der Waals surface area contributed by atoms with Crippen molar-refractivity contribution in [1.82, 2.24) is 26.4 Å². The number of benzene rings is 1. The van der Waals surface area contributed by atoms with E-state index in [0.29, 0.717) is 37.1 Å². The van der Waals surface area contributed by atoms with Crippen LogP contribution in [0.4, 0.5) is 5.69 Å². The highest BCUT2D eigenvalue weighted by Gasteiger charge is 2.39. The van der Waals surface area contributed by atoms with Crippen LogP contribution in [-0.2, 0) is 19.2 Å². The van der Waals surface area contributed by atoms with E-state index in [1.807, 2.05) is 33.8 Å². The van der Waals surface area contributed by atoms with Crippen LogP contribution in [0, 0.1) is 11.8 Å². The van der Waals surface area contributed by atoms with Gasteiger partial charge in [0.05, 0.1) is 11.6 Å². The fourth-order valence-corrected chi connectivity index (χ4v) is 4.97. The van der Waals surface area contributed by atoms with Crippen molar-refractivity contribution >= 4 is 35.1 Å². The molecule has 214 valence electrons. The molecule has 0 saturated carbocycles. The molecule has 0 bridgehead atoms. The molecule has 1 unspecified atom stereocenters. The summed E-state index contributed by atoms with van der Waals surface area (Å²) >= 11 is 0. The smallest absolute Gasteiger partial charge is 0.255 e. The van der Waals surface area contributed by atoms with Crippen LogP contribution in [-0.4, -0.2) is 65.3 Å².